The molecule has 0 unspecified atom stereocenters. The van der Waals surface area contributed by atoms with E-state index in [0.29, 0.717) is 19.5 Å². The number of halogens is 3. The number of pyridine rings is 1. The highest BCUT2D eigenvalue weighted by atomic mass is 19.4. The van der Waals surface area contributed by atoms with Gasteiger partial charge in [-0.1, -0.05) is 18.2 Å². The number of carboxylic acids is 1. The molecule has 0 aliphatic carbocycles. The zero-order chi connectivity index (χ0) is 22.3. The maximum atomic E-state index is 12.6. The Hall–Kier alpha value is -3.30. The summed E-state index contributed by atoms with van der Waals surface area (Å²) >= 11 is 0. The molecule has 30 heavy (non-hydrogen) atoms. The summed E-state index contributed by atoms with van der Waals surface area (Å²) in [5.74, 6) is -0.849. The van der Waals surface area contributed by atoms with Crippen LogP contribution in [0.2, 0.25) is 0 Å². The molecule has 0 bridgehead atoms. The first-order valence-electron chi connectivity index (χ1n) is 8.97. The van der Waals surface area contributed by atoms with Crippen molar-refractivity contribution in [1.29, 1.82) is 0 Å². The lowest BCUT2D eigenvalue weighted by Gasteiger charge is -2.21. The Morgan fingerprint density at radius 3 is 2.37 bits per heavy atom. The van der Waals surface area contributed by atoms with Crippen molar-refractivity contribution in [2.24, 2.45) is 0 Å². The molecule has 0 atom stereocenters. The lowest BCUT2D eigenvalue weighted by Crippen LogP contribution is -2.35. The Labute approximate surface area is 171 Å². The molecule has 2 heterocycles. The summed E-state index contributed by atoms with van der Waals surface area (Å²) in [4.78, 5) is 30.0. The largest absolute Gasteiger partial charge is 0.497 e. The van der Waals surface area contributed by atoms with Gasteiger partial charge >= 0.3 is 12.1 Å². The van der Waals surface area contributed by atoms with E-state index in [1.165, 1.54) is 0 Å². The molecule has 1 aliphatic heterocycles. The van der Waals surface area contributed by atoms with Crippen molar-refractivity contribution in [3.8, 4) is 5.75 Å². The summed E-state index contributed by atoms with van der Waals surface area (Å²) in [7, 11) is 3.66. The van der Waals surface area contributed by atoms with Crippen LogP contribution in [0, 0.1) is 0 Å². The average Bonchev–Trinajstić information content (AvgIpc) is 2.88. The number of aromatic nitrogens is 1. The molecule has 1 aromatic heterocycles. The third-order valence-corrected chi connectivity index (χ3v) is 4.41. The number of methoxy groups -OCH3 is 1. The number of anilines is 1. The first kappa shape index (κ1) is 23.0. The van der Waals surface area contributed by atoms with Gasteiger partial charge in [0.15, 0.2) is 0 Å². The summed E-state index contributed by atoms with van der Waals surface area (Å²) in [6.45, 7) is 2.11. The summed E-state index contributed by atoms with van der Waals surface area (Å²) < 4.78 is 36.9. The van der Waals surface area contributed by atoms with Gasteiger partial charge in [-0.3, -0.25) is 4.79 Å². The molecule has 2 aromatic rings. The summed E-state index contributed by atoms with van der Waals surface area (Å²) in [6.07, 6.45) is -2.88. The zero-order valence-electron chi connectivity index (χ0n) is 16.5. The number of alkyl halides is 3. The number of aliphatic carboxylic acids is 1. The highest BCUT2D eigenvalue weighted by Crippen LogP contribution is 2.22. The Bertz CT molecular complexity index is 872. The van der Waals surface area contributed by atoms with Crippen molar-refractivity contribution < 1.29 is 32.6 Å². The summed E-state index contributed by atoms with van der Waals surface area (Å²) in [5.41, 5.74) is 2.09. The summed E-state index contributed by atoms with van der Waals surface area (Å²) in [5, 5.41) is 7.12. The van der Waals surface area contributed by atoms with Crippen LogP contribution in [0.5, 0.6) is 5.75 Å². The number of carbonyl (C=O) groups is 2. The van der Waals surface area contributed by atoms with Crippen LogP contribution in [0.25, 0.3) is 0 Å². The molecule has 1 aromatic carbocycles. The molecule has 10 heteroatoms. The Kier molecular flexibility index (Phi) is 7.62. The molecule has 1 aliphatic rings. The van der Waals surface area contributed by atoms with E-state index in [4.69, 9.17) is 14.6 Å². The fourth-order valence-electron chi connectivity index (χ4n) is 2.80. The second kappa shape index (κ2) is 9.95. The van der Waals surface area contributed by atoms with Gasteiger partial charge in [0.1, 0.15) is 11.6 Å². The van der Waals surface area contributed by atoms with E-state index in [1.807, 2.05) is 48.3 Å². The van der Waals surface area contributed by atoms with Crippen molar-refractivity contribution in [1.82, 2.24) is 9.88 Å². The standard InChI is InChI=1S/C18H21N3O2.C2HF3O2/c1-20-10-11-21(13-15-4-3-9-19-18(15)20)17(22)12-14-5-7-16(23-2)8-6-14;3-2(4,5)1(6)7/h3-9H,10-13H2,1-2H3;(H,6,7). The molecular formula is C20H22F3N3O4. The fourth-order valence-corrected chi connectivity index (χ4v) is 2.80. The van der Waals surface area contributed by atoms with Crippen LogP contribution in [-0.4, -0.2) is 60.3 Å². The highest BCUT2D eigenvalue weighted by Gasteiger charge is 2.38. The van der Waals surface area contributed by atoms with E-state index in [9.17, 15) is 18.0 Å². The number of carbonyl (C=O) groups excluding carboxylic acids is 1. The molecule has 0 spiro atoms. The minimum Gasteiger partial charge on any atom is -0.497 e. The van der Waals surface area contributed by atoms with Crippen molar-refractivity contribution in [2.45, 2.75) is 19.1 Å². The molecule has 1 N–H and O–H groups in total. The predicted octanol–water partition coefficient (Wildman–Crippen LogP) is 2.74. The lowest BCUT2D eigenvalue weighted by atomic mass is 10.1. The molecule has 0 saturated heterocycles. The number of fused-ring (bicyclic) bond motifs is 1. The Balaban J connectivity index is 0.000000396. The van der Waals surface area contributed by atoms with Crippen LogP contribution in [0.15, 0.2) is 42.6 Å². The van der Waals surface area contributed by atoms with Crippen LogP contribution in [0.3, 0.4) is 0 Å². The number of nitrogens with zero attached hydrogens (tertiary/aromatic N) is 3. The molecule has 162 valence electrons. The number of ether oxygens (including phenoxy) is 1. The smallest absolute Gasteiger partial charge is 0.490 e. The van der Waals surface area contributed by atoms with E-state index in [-0.39, 0.29) is 5.91 Å². The zero-order valence-corrected chi connectivity index (χ0v) is 16.5. The third-order valence-electron chi connectivity index (χ3n) is 4.41. The van der Waals surface area contributed by atoms with E-state index >= 15 is 0 Å². The van der Waals surface area contributed by atoms with Crippen LogP contribution in [0.4, 0.5) is 19.0 Å². The Morgan fingerprint density at radius 2 is 1.80 bits per heavy atom. The molecular weight excluding hydrogens is 403 g/mol. The van der Waals surface area contributed by atoms with Crippen LogP contribution >= 0.6 is 0 Å². The summed E-state index contributed by atoms with van der Waals surface area (Å²) in [6, 6.07) is 11.6. The van der Waals surface area contributed by atoms with E-state index < -0.39 is 12.1 Å². The van der Waals surface area contributed by atoms with Gasteiger partial charge in [-0.2, -0.15) is 13.2 Å². The number of amides is 1. The van der Waals surface area contributed by atoms with Crippen LogP contribution < -0.4 is 9.64 Å². The van der Waals surface area contributed by atoms with Crippen molar-refractivity contribution in [3.05, 3.63) is 53.7 Å². The van der Waals surface area contributed by atoms with Gasteiger partial charge < -0.3 is 19.6 Å². The minimum atomic E-state index is -5.08. The topological polar surface area (TPSA) is 83.0 Å². The SMILES string of the molecule is COc1ccc(CC(=O)N2CCN(C)c3ncccc3C2)cc1.O=C(O)C(F)(F)F. The molecule has 0 radical (unpaired) electrons. The average molecular weight is 425 g/mol. The normalized spacial score (nSPS) is 13.5. The minimum absolute atomic E-state index is 0.139. The lowest BCUT2D eigenvalue weighted by molar-refractivity contribution is -0.192. The first-order valence-corrected chi connectivity index (χ1v) is 8.97. The number of benzene rings is 1. The van der Waals surface area contributed by atoms with E-state index in [1.54, 1.807) is 13.3 Å². The van der Waals surface area contributed by atoms with E-state index in [2.05, 4.69) is 9.88 Å². The van der Waals surface area contributed by atoms with E-state index in [0.717, 1.165) is 29.2 Å². The van der Waals surface area contributed by atoms with Crippen molar-refractivity contribution in [3.63, 3.8) is 0 Å². The predicted molar refractivity (Wildman–Crippen MR) is 103 cm³/mol. The quantitative estimate of drug-likeness (QED) is 0.814. The van der Waals surface area contributed by atoms with Gasteiger partial charge in [0.25, 0.3) is 0 Å². The van der Waals surface area contributed by atoms with Crippen LogP contribution in [-0.2, 0) is 22.6 Å². The van der Waals surface area contributed by atoms with Gasteiger partial charge in [0, 0.05) is 38.4 Å². The van der Waals surface area contributed by atoms with Gasteiger partial charge in [0.05, 0.1) is 13.5 Å². The van der Waals surface area contributed by atoms with Gasteiger partial charge in [-0.15, -0.1) is 0 Å². The Morgan fingerprint density at radius 1 is 1.17 bits per heavy atom. The number of rotatable bonds is 3. The van der Waals surface area contributed by atoms with Gasteiger partial charge in [-0.25, -0.2) is 9.78 Å². The molecule has 0 fully saturated rings. The van der Waals surface area contributed by atoms with Crippen LogP contribution in [0.1, 0.15) is 11.1 Å². The first-order chi connectivity index (χ1) is 14.1. The molecule has 0 saturated carbocycles. The van der Waals surface area contributed by atoms with Gasteiger partial charge in [-0.05, 0) is 23.8 Å². The second-order valence-electron chi connectivity index (χ2n) is 6.55. The maximum Gasteiger partial charge on any atom is 0.490 e. The highest BCUT2D eigenvalue weighted by molar-refractivity contribution is 5.79. The second-order valence-corrected chi connectivity index (χ2v) is 6.55. The van der Waals surface area contributed by atoms with Gasteiger partial charge in [0.2, 0.25) is 5.91 Å². The fraction of sp³-hybridized carbons (Fsp3) is 0.350. The molecule has 3 rings (SSSR count). The number of carboxylic acid groups (broad SMARTS) is 1. The number of likely N-dealkylation sites (N-methyl/N-ethyl adjacent to an activating group) is 1. The number of hydrogen-bond acceptors (Lipinski definition) is 5. The monoisotopic (exact) mass is 425 g/mol. The maximum absolute atomic E-state index is 12.6. The molecule has 7 nitrogen and oxygen atoms in total. The van der Waals surface area contributed by atoms with Crippen molar-refractivity contribution >= 4 is 17.7 Å². The molecule has 1 amide bonds. The van der Waals surface area contributed by atoms with Crippen molar-refractivity contribution in [2.75, 3.05) is 32.1 Å². The number of hydrogen-bond donors (Lipinski definition) is 1. The third kappa shape index (κ3) is 6.36.